The average molecular weight is 449 g/mol. The van der Waals surface area contributed by atoms with Crippen molar-refractivity contribution in [3.63, 3.8) is 0 Å². The Labute approximate surface area is 197 Å². The van der Waals surface area contributed by atoms with Gasteiger partial charge >= 0.3 is 0 Å². The third-order valence-corrected chi connectivity index (χ3v) is 6.69. The van der Waals surface area contributed by atoms with Gasteiger partial charge in [0, 0.05) is 31.2 Å². The third kappa shape index (κ3) is 6.37. The van der Waals surface area contributed by atoms with Crippen LogP contribution in [0.25, 0.3) is 0 Å². The van der Waals surface area contributed by atoms with Crippen molar-refractivity contribution in [2.45, 2.75) is 64.8 Å². The predicted octanol–water partition coefficient (Wildman–Crippen LogP) is 5.50. The molecule has 1 aliphatic heterocycles. The largest absolute Gasteiger partial charge is 0.484 e. The van der Waals surface area contributed by atoms with Gasteiger partial charge in [0.1, 0.15) is 5.75 Å². The minimum Gasteiger partial charge on any atom is -0.484 e. The molecule has 0 N–H and O–H groups in total. The maximum absolute atomic E-state index is 13.2. The molecular formula is C28H36N2O3. The van der Waals surface area contributed by atoms with Gasteiger partial charge in [-0.05, 0) is 55.9 Å². The number of hydrogen-bond donors (Lipinski definition) is 0. The smallest absolute Gasteiger partial charge is 0.260 e. The lowest BCUT2D eigenvalue weighted by Gasteiger charge is -2.28. The van der Waals surface area contributed by atoms with E-state index in [1.165, 1.54) is 12.8 Å². The molecule has 1 aliphatic carbocycles. The summed E-state index contributed by atoms with van der Waals surface area (Å²) in [5.74, 6) is 1.16. The van der Waals surface area contributed by atoms with E-state index in [0.29, 0.717) is 13.1 Å². The normalized spacial score (nSPS) is 17.8. The number of para-hydroxylation sites is 2. The molecule has 0 bridgehead atoms. The highest BCUT2D eigenvalue weighted by Crippen LogP contribution is 2.34. The Balaban J connectivity index is 1.54. The molecule has 0 aromatic heterocycles. The Kier molecular flexibility index (Phi) is 8.03. The van der Waals surface area contributed by atoms with Crippen LogP contribution in [0.15, 0.2) is 48.5 Å². The number of nitrogens with zero attached hydrogens (tertiary/aromatic N) is 2. The maximum Gasteiger partial charge on any atom is 0.260 e. The van der Waals surface area contributed by atoms with Crippen molar-refractivity contribution in [1.82, 2.24) is 4.90 Å². The summed E-state index contributed by atoms with van der Waals surface area (Å²) in [6, 6.07) is 15.9. The van der Waals surface area contributed by atoms with Gasteiger partial charge in [-0.2, -0.15) is 0 Å². The number of anilines is 1. The second-order valence-corrected chi connectivity index (χ2v) is 9.38. The van der Waals surface area contributed by atoms with Crippen molar-refractivity contribution >= 4 is 17.5 Å². The first kappa shape index (κ1) is 23.3. The van der Waals surface area contributed by atoms with E-state index in [-0.39, 0.29) is 24.3 Å². The van der Waals surface area contributed by atoms with Gasteiger partial charge in [0.2, 0.25) is 5.91 Å². The summed E-state index contributed by atoms with van der Waals surface area (Å²) in [7, 11) is 0. The van der Waals surface area contributed by atoms with E-state index in [0.717, 1.165) is 67.6 Å². The van der Waals surface area contributed by atoms with E-state index in [2.05, 4.69) is 6.07 Å². The maximum atomic E-state index is 13.2. The van der Waals surface area contributed by atoms with Crippen molar-refractivity contribution in [2.75, 3.05) is 24.6 Å². The van der Waals surface area contributed by atoms with Crippen molar-refractivity contribution in [3.05, 3.63) is 59.7 Å². The van der Waals surface area contributed by atoms with Crippen molar-refractivity contribution in [2.24, 2.45) is 5.92 Å². The fourth-order valence-electron chi connectivity index (χ4n) is 4.53. The van der Waals surface area contributed by atoms with E-state index >= 15 is 0 Å². The lowest BCUT2D eigenvalue weighted by molar-refractivity contribution is -0.134. The second kappa shape index (κ2) is 11.4. The van der Waals surface area contributed by atoms with Gasteiger partial charge < -0.3 is 14.5 Å². The van der Waals surface area contributed by atoms with Crippen LogP contribution in [-0.4, -0.2) is 36.4 Å². The number of carbonyl (C=O) groups is 2. The number of carbonyl (C=O) groups excluding carboxylic acids is 2. The number of benzene rings is 2. The molecule has 0 spiro atoms. The quantitative estimate of drug-likeness (QED) is 0.621. The van der Waals surface area contributed by atoms with Gasteiger partial charge in [-0.3, -0.25) is 9.59 Å². The van der Waals surface area contributed by atoms with Gasteiger partial charge in [-0.25, -0.2) is 0 Å². The molecule has 2 amide bonds. The highest BCUT2D eigenvalue weighted by atomic mass is 16.5. The van der Waals surface area contributed by atoms with Crippen LogP contribution in [0.3, 0.4) is 0 Å². The molecule has 5 heteroatoms. The molecule has 33 heavy (non-hydrogen) atoms. The van der Waals surface area contributed by atoms with Crippen molar-refractivity contribution < 1.29 is 14.3 Å². The summed E-state index contributed by atoms with van der Waals surface area (Å²) >= 11 is 0. The summed E-state index contributed by atoms with van der Waals surface area (Å²) in [6.45, 7) is 3.98. The van der Waals surface area contributed by atoms with Gasteiger partial charge in [0.25, 0.3) is 5.91 Å². The summed E-state index contributed by atoms with van der Waals surface area (Å²) in [6.07, 6.45) is 8.63. The van der Waals surface area contributed by atoms with Crippen LogP contribution in [0, 0.1) is 12.8 Å². The van der Waals surface area contributed by atoms with E-state index in [9.17, 15) is 9.59 Å². The van der Waals surface area contributed by atoms with Crippen molar-refractivity contribution in [3.8, 4) is 5.75 Å². The molecule has 1 saturated carbocycles. The molecule has 4 rings (SSSR count). The monoisotopic (exact) mass is 448 g/mol. The fourth-order valence-corrected chi connectivity index (χ4v) is 4.53. The molecule has 0 atom stereocenters. The lowest BCUT2D eigenvalue weighted by atomic mass is 10.1. The zero-order valence-electron chi connectivity index (χ0n) is 19.8. The highest BCUT2D eigenvalue weighted by Gasteiger charge is 2.34. The summed E-state index contributed by atoms with van der Waals surface area (Å²) < 4.78 is 5.88. The van der Waals surface area contributed by atoms with Crippen LogP contribution >= 0.6 is 0 Å². The van der Waals surface area contributed by atoms with Crippen LogP contribution in [-0.2, 0) is 16.1 Å². The summed E-state index contributed by atoms with van der Waals surface area (Å²) in [5, 5.41) is 0. The average Bonchev–Trinajstić information content (AvgIpc) is 3.67. The minimum absolute atomic E-state index is 0.0111. The minimum atomic E-state index is -0.0111. The van der Waals surface area contributed by atoms with Crippen LogP contribution in [0.4, 0.5) is 5.69 Å². The van der Waals surface area contributed by atoms with Gasteiger partial charge in [0.05, 0.1) is 0 Å². The Bertz CT molecular complexity index is 954. The Morgan fingerprint density at radius 3 is 2.30 bits per heavy atom. The van der Waals surface area contributed by atoms with Gasteiger partial charge in [-0.15, -0.1) is 0 Å². The topological polar surface area (TPSA) is 49.9 Å². The van der Waals surface area contributed by atoms with E-state index in [1.807, 2.05) is 59.2 Å². The Hall–Kier alpha value is -2.82. The number of ether oxygens (including phenoxy) is 1. The first-order valence-electron chi connectivity index (χ1n) is 12.5. The zero-order chi connectivity index (χ0) is 23.0. The number of aryl methyl sites for hydroxylation is 1. The second-order valence-electron chi connectivity index (χ2n) is 9.38. The molecule has 0 radical (unpaired) electrons. The molecule has 0 saturated heterocycles. The number of rotatable bonds is 4. The van der Waals surface area contributed by atoms with Crippen LogP contribution < -0.4 is 9.64 Å². The number of hydrogen-bond acceptors (Lipinski definition) is 3. The number of amides is 2. The number of fused-ring (bicyclic) bond motifs is 1. The van der Waals surface area contributed by atoms with Gasteiger partial charge in [-0.1, -0.05) is 62.1 Å². The van der Waals surface area contributed by atoms with E-state index in [1.54, 1.807) is 0 Å². The Morgan fingerprint density at radius 1 is 0.879 bits per heavy atom. The summed E-state index contributed by atoms with van der Waals surface area (Å²) in [4.78, 5) is 30.3. The molecule has 1 fully saturated rings. The summed E-state index contributed by atoms with van der Waals surface area (Å²) in [5.41, 5.74) is 3.02. The first-order valence-corrected chi connectivity index (χ1v) is 12.5. The molecule has 5 nitrogen and oxygen atoms in total. The molecule has 2 aromatic carbocycles. The SMILES string of the molecule is Cc1ccccc1OCC(=O)N1CCCCCCCCN(C(=O)C2CC2)c2ccccc2C1. The van der Waals surface area contributed by atoms with Crippen LogP contribution in [0.5, 0.6) is 5.75 Å². The molecule has 1 heterocycles. The molecule has 2 aromatic rings. The Morgan fingerprint density at radius 2 is 1.55 bits per heavy atom. The van der Waals surface area contributed by atoms with Crippen LogP contribution in [0.1, 0.15) is 62.5 Å². The predicted molar refractivity (Wildman–Crippen MR) is 131 cm³/mol. The van der Waals surface area contributed by atoms with Crippen LogP contribution in [0.2, 0.25) is 0 Å². The molecule has 176 valence electrons. The van der Waals surface area contributed by atoms with Gasteiger partial charge in [0.15, 0.2) is 6.61 Å². The zero-order valence-corrected chi connectivity index (χ0v) is 19.8. The molecule has 2 aliphatic rings. The molecular weight excluding hydrogens is 412 g/mol. The lowest BCUT2D eigenvalue weighted by Crippen LogP contribution is -2.37. The van der Waals surface area contributed by atoms with Crippen molar-refractivity contribution in [1.29, 1.82) is 0 Å². The third-order valence-electron chi connectivity index (χ3n) is 6.69. The molecule has 0 unspecified atom stereocenters. The fraction of sp³-hybridized carbons (Fsp3) is 0.500. The first-order chi connectivity index (χ1) is 16.1. The van der Waals surface area contributed by atoms with E-state index < -0.39 is 0 Å². The standard InChI is InChI=1S/C28H36N2O3/c1-22-12-6-9-15-26(22)33-21-27(31)29-18-10-4-2-3-5-11-19-30(28(32)23-16-17-23)25-14-8-7-13-24(25)20-29/h6-9,12-15,23H,2-5,10-11,16-21H2,1H3. The highest BCUT2D eigenvalue weighted by molar-refractivity contribution is 5.97. The van der Waals surface area contributed by atoms with E-state index in [4.69, 9.17) is 4.74 Å².